The zero-order chi connectivity index (χ0) is 28.4. The monoisotopic (exact) mass is 547 g/mol. The van der Waals surface area contributed by atoms with Crippen LogP contribution in [0.2, 0.25) is 0 Å². The molecule has 11 nitrogen and oxygen atoms in total. The lowest BCUT2D eigenvalue weighted by Gasteiger charge is -2.37. The molecule has 0 radical (unpaired) electrons. The van der Waals surface area contributed by atoms with Crippen molar-refractivity contribution in [1.29, 1.82) is 0 Å². The molecule has 11 heteroatoms. The van der Waals surface area contributed by atoms with E-state index in [0.29, 0.717) is 12.8 Å². The van der Waals surface area contributed by atoms with Crippen molar-refractivity contribution < 1.29 is 29.0 Å². The number of carbonyl (C=O) groups is 4. The van der Waals surface area contributed by atoms with Gasteiger partial charge in [0.05, 0.1) is 18.4 Å². The molecular formula is C28H45N5O6. The highest BCUT2D eigenvalue weighted by Gasteiger charge is 2.58. The van der Waals surface area contributed by atoms with E-state index in [2.05, 4.69) is 20.6 Å². The third-order valence-corrected chi connectivity index (χ3v) is 7.68. The number of aromatic nitrogens is 2. The number of carbonyl (C=O) groups excluding carboxylic acids is 4. The summed E-state index contributed by atoms with van der Waals surface area (Å²) in [4.78, 5) is 62.6. The van der Waals surface area contributed by atoms with Crippen LogP contribution in [0.25, 0.3) is 0 Å². The van der Waals surface area contributed by atoms with Gasteiger partial charge in [-0.05, 0) is 43.9 Å². The van der Waals surface area contributed by atoms with Gasteiger partial charge in [0.25, 0.3) is 5.91 Å². The van der Waals surface area contributed by atoms with Gasteiger partial charge in [-0.3, -0.25) is 19.4 Å². The lowest BCUT2D eigenvalue weighted by molar-refractivity contribution is -0.156. The third-order valence-electron chi connectivity index (χ3n) is 7.68. The maximum atomic E-state index is 14.0. The molecule has 2 heterocycles. The summed E-state index contributed by atoms with van der Waals surface area (Å²) >= 11 is 0. The number of fused-ring (bicyclic) bond motifs is 1. The van der Waals surface area contributed by atoms with E-state index >= 15 is 0 Å². The zero-order valence-electron chi connectivity index (χ0n) is 23.4. The Bertz CT molecular complexity index is 1040. The van der Waals surface area contributed by atoms with Gasteiger partial charge in [-0.2, -0.15) is 0 Å². The van der Waals surface area contributed by atoms with E-state index in [9.17, 15) is 24.3 Å². The molecular weight excluding hydrogens is 502 g/mol. The second-order valence-corrected chi connectivity index (χ2v) is 11.9. The van der Waals surface area contributed by atoms with E-state index < -0.39 is 52.8 Å². The van der Waals surface area contributed by atoms with E-state index in [1.807, 2.05) is 20.8 Å². The van der Waals surface area contributed by atoms with Gasteiger partial charge >= 0.3 is 5.97 Å². The van der Waals surface area contributed by atoms with Crippen LogP contribution in [0.5, 0.6) is 0 Å². The molecule has 2 aliphatic rings. The summed E-state index contributed by atoms with van der Waals surface area (Å²) in [5.41, 5.74) is -1.65. The molecule has 1 aliphatic carbocycles. The highest BCUT2D eigenvalue weighted by atomic mass is 16.5. The summed E-state index contributed by atoms with van der Waals surface area (Å²) in [7, 11) is 0. The summed E-state index contributed by atoms with van der Waals surface area (Å²) in [5, 5.41) is 16.5. The Morgan fingerprint density at radius 3 is 2.41 bits per heavy atom. The highest BCUT2D eigenvalue weighted by molar-refractivity contribution is 5.97. The Labute approximate surface area is 231 Å². The third kappa shape index (κ3) is 6.93. The van der Waals surface area contributed by atoms with E-state index in [0.717, 1.165) is 0 Å². The Balaban J connectivity index is 0.00000533. The van der Waals surface area contributed by atoms with E-state index in [4.69, 9.17) is 4.74 Å². The Morgan fingerprint density at radius 2 is 1.87 bits per heavy atom. The molecule has 0 aromatic carbocycles. The fraction of sp³-hybridized carbons (Fsp3) is 0.714. The normalized spacial score (nSPS) is 25.8. The highest BCUT2D eigenvalue weighted by Crippen LogP contribution is 2.48. The van der Waals surface area contributed by atoms with E-state index in [1.165, 1.54) is 23.5 Å². The number of aliphatic hydroxyl groups is 1. The van der Waals surface area contributed by atoms with Crippen molar-refractivity contribution in [2.24, 2.45) is 23.2 Å². The minimum absolute atomic E-state index is 0. The number of hydrogen-bond donors (Lipinski definition) is 3. The second kappa shape index (κ2) is 12.4. The van der Waals surface area contributed by atoms with Gasteiger partial charge in [-0.15, -0.1) is 0 Å². The van der Waals surface area contributed by atoms with Crippen LogP contribution in [0, 0.1) is 23.2 Å². The molecule has 6 atom stereocenters. The number of nitrogens with one attached hydrogen (secondary N) is 2. The molecule has 3 rings (SSSR count). The smallest absolute Gasteiger partial charge is 0.329 e. The summed E-state index contributed by atoms with van der Waals surface area (Å²) in [6.45, 7) is 12.9. The molecule has 218 valence electrons. The first-order valence-electron chi connectivity index (χ1n) is 13.3. The van der Waals surface area contributed by atoms with Crippen LogP contribution in [0.4, 0.5) is 0 Å². The first-order valence-corrected chi connectivity index (χ1v) is 13.3. The number of likely N-dealkylation sites (tertiary alicyclic amines) is 1. The van der Waals surface area contributed by atoms with Crippen molar-refractivity contribution in [3.63, 3.8) is 0 Å². The number of rotatable bonds is 8. The molecule has 2 fully saturated rings. The number of amides is 3. The van der Waals surface area contributed by atoms with Gasteiger partial charge in [0.15, 0.2) is 0 Å². The van der Waals surface area contributed by atoms with Crippen LogP contribution in [-0.2, 0) is 19.1 Å². The lowest BCUT2D eigenvalue weighted by Crippen LogP contribution is -2.61. The van der Waals surface area contributed by atoms with E-state index in [-0.39, 0.29) is 44.0 Å². The summed E-state index contributed by atoms with van der Waals surface area (Å²) in [6, 6.07) is -2.77. The van der Waals surface area contributed by atoms with Crippen molar-refractivity contribution >= 4 is 23.7 Å². The second-order valence-electron chi connectivity index (χ2n) is 11.9. The Kier molecular flexibility index (Phi) is 10.2. The molecule has 0 unspecified atom stereocenters. The van der Waals surface area contributed by atoms with Crippen molar-refractivity contribution in [2.75, 3.05) is 13.2 Å². The quantitative estimate of drug-likeness (QED) is 0.418. The van der Waals surface area contributed by atoms with Crippen LogP contribution in [0.15, 0.2) is 18.6 Å². The molecule has 1 saturated carbocycles. The van der Waals surface area contributed by atoms with Crippen molar-refractivity contribution in [2.45, 2.75) is 92.5 Å². The van der Waals surface area contributed by atoms with Crippen LogP contribution < -0.4 is 10.6 Å². The molecule has 0 spiro atoms. The number of hydrogen-bond acceptors (Lipinski definition) is 8. The van der Waals surface area contributed by atoms with Gasteiger partial charge in [0.2, 0.25) is 11.8 Å². The van der Waals surface area contributed by atoms with Crippen molar-refractivity contribution in [3.05, 3.63) is 24.3 Å². The van der Waals surface area contributed by atoms with Crippen LogP contribution >= 0.6 is 0 Å². The largest absolute Gasteiger partial charge is 0.464 e. The molecule has 3 N–H and O–H groups in total. The maximum absolute atomic E-state index is 14.0. The maximum Gasteiger partial charge on any atom is 0.329 e. The number of nitrogens with zero attached hydrogens (tertiary/aromatic N) is 3. The van der Waals surface area contributed by atoms with Gasteiger partial charge < -0.3 is 25.4 Å². The average molecular weight is 548 g/mol. The predicted molar refractivity (Wildman–Crippen MR) is 145 cm³/mol. The molecule has 1 saturated heterocycles. The fourth-order valence-corrected chi connectivity index (χ4v) is 5.54. The summed E-state index contributed by atoms with van der Waals surface area (Å²) in [5.74, 6) is -2.78. The molecule has 1 aromatic heterocycles. The van der Waals surface area contributed by atoms with Gasteiger partial charge in [-0.1, -0.05) is 42.0 Å². The van der Waals surface area contributed by atoms with Gasteiger partial charge in [-0.25, -0.2) is 9.78 Å². The predicted octanol–water partition coefficient (Wildman–Crippen LogP) is 1.95. The standard InChI is InChI=1S/C27H41N5O6.CH4/c1-8-38-25(36)20-16-9-10-27(7,37)17(16)14-32(20)24(35)21(26(4,5)6)31-23(34)19(15(2)3)30-22(33)18-13-28-11-12-29-18;/h11-13,15-17,19-21,37H,8-10,14H2,1-7H3,(H,30,33)(H,31,34);1H4/t16-,17-,19+,20-,21+,27+;/m0./s1. The molecule has 39 heavy (non-hydrogen) atoms. The van der Waals surface area contributed by atoms with Crippen LogP contribution in [0.3, 0.4) is 0 Å². The topological polar surface area (TPSA) is 151 Å². The lowest BCUT2D eigenvalue weighted by atomic mass is 9.85. The van der Waals surface area contributed by atoms with Crippen LogP contribution in [0.1, 0.15) is 79.2 Å². The Hall–Kier alpha value is -3.08. The van der Waals surface area contributed by atoms with E-state index in [1.54, 1.807) is 27.7 Å². The van der Waals surface area contributed by atoms with Crippen molar-refractivity contribution in [1.82, 2.24) is 25.5 Å². The number of ether oxygens (including phenoxy) is 1. The van der Waals surface area contributed by atoms with Gasteiger partial charge in [0.1, 0.15) is 23.8 Å². The van der Waals surface area contributed by atoms with Crippen LogP contribution in [-0.4, -0.2) is 80.5 Å². The number of esters is 1. The molecule has 1 aliphatic heterocycles. The molecule has 0 bridgehead atoms. The summed E-state index contributed by atoms with van der Waals surface area (Å²) in [6.07, 6.45) is 5.28. The first kappa shape index (κ1) is 32.1. The Morgan fingerprint density at radius 1 is 1.21 bits per heavy atom. The van der Waals surface area contributed by atoms with Gasteiger partial charge in [0, 0.05) is 24.9 Å². The average Bonchev–Trinajstić information content (AvgIpc) is 3.37. The minimum Gasteiger partial charge on any atom is -0.464 e. The molecule has 1 aromatic rings. The fourth-order valence-electron chi connectivity index (χ4n) is 5.54. The first-order chi connectivity index (χ1) is 17.7. The SMILES string of the molecule is C.CCOC(=O)[C@@H]1[C@H]2CC[C@@](C)(O)[C@H]2CN1C(=O)[C@@H](NC(=O)[C@H](NC(=O)c1cnccn1)C(C)C)C(C)(C)C. The zero-order valence-corrected chi connectivity index (χ0v) is 23.4. The summed E-state index contributed by atoms with van der Waals surface area (Å²) < 4.78 is 5.32. The minimum atomic E-state index is -1.00. The van der Waals surface area contributed by atoms with Crippen molar-refractivity contribution in [3.8, 4) is 0 Å². The molecule has 3 amide bonds.